The first kappa shape index (κ1) is 33.7. The van der Waals surface area contributed by atoms with Crippen molar-refractivity contribution in [3.05, 3.63) is 58.2 Å². The molecule has 0 saturated carbocycles. The lowest BCUT2D eigenvalue weighted by molar-refractivity contribution is -0.139. The molecule has 2 rings (SSSR count). The smallest absolute Gasteiger partial charge is 0.333 e. The molecule has 1 aromatic carbocycles. The third kappa shape index (κ3) is 11.2. The van der Waals surface area contributed by atoms with E-state index in [9.17, 15) is 14.4 Å². The highest BCUT2D eigenvalue weighted by molar-refractivity contribution is 6.26. The number of ether oxygens (including phenoxy) is 1. The average Bonchev–Trinajstić information content (AvgIpc) is 2.90. The number of rotatable bonds is 18. The molecule has 1 aromatic rings. The van der Waals surface area contributed by atoms with Crippen LogP contribution in [0.15, 0.2) is 47.1 Å². The molecule has 0 saturated heterocycles. The molecule has 0 aliphatic heterocycles. The zero-order valence-electron chi connectivity index (χ0n) is 26.2. The molecule has 0 bridgehead atoms. The van der Waals surface area contributed by atoms with Gasteiger partial charge in [-0.2, -0.15) is 0 Å². The first-order valence-corrected chi connectivity index (χ1v) is 15.4. The fraction of sp³-hybridized carbons (Fsp3) is 0.629. The van der Waals surface area contributed by atoms with E-state index in [2.05, 4.69) is 27.7 Å². The minimum absolute atomic E-state index is 0.114. The Bertz CT molecular complexity index is 1050. The quantitative estimate of drug-likeness (QED) is 0.136. The maximum absolute atomic E-state index is 13.2. The second-order valence-electron chi connectivity index (χ2n) is 12.5. The molecule has 2 unspecified atom stereocenters. The van der Waals surface area contributed by atoms with Crippen LogP contribution in [0.4, 0.5) is 0 Å². The number of ketones is 2. The number of benzene rings is 1. The predicted molar refractivity (Wildman–Crippen MR) is 165 cm³/mol. The molecule has 0 spiro atoms. The van der Waals surface area contributed by atoms with Gasteiger partial charge in [0.2, 0.25) is 0 Å². The summed E-state index contributed by atoms with van der Waals surface area (Å²) in [6.07, 6.45) is 12.4. The summed E-state index contributed by atoms with van der Waals surface area (Å²) in [6.45, 7) is 12.0. The number of Topliss-reactive ketones (excluding diaryl/α,β-unsaturated/α-hetero) is 2. The van der Waals surface area contributed by atoms with Gasteiger partial charge in [-0.1, -0.05) is 103 Å². The molecule has 2 atom stereocenters. The molecule has 0 radical (unpaired) electrons. The van der Waals surface area contributed by atoms with Crippen molar-refractivity contribution >= 4 is 17.5 Å². The highest BCUT2D eigenvalue weighted by Crippen LogP contribution is 2.29. The van der Waals surface area contributed by atoms with Gasteiger partial charge in [0, 0.05) is 34.4 Å². The van der Waals surface area contributed by atoms with Crippen molar-refractivity contribution in [3.8, 4) is 0 Å². The molecular weight excluding hydrogens is 498 g/mol. The second-order valence-corrected chi connectivity index (χ2v) is 12.5. The Kier molecular flexibility index (Phi) is 14.6. The predicted octanol–water partition coefficient (Wildman–Crippen LogP) is 8.24. The highest BCUT2D eigenvalue weighted by atomic mass is 16.5. The summed E-state index contributed by atoms with van der Waals surface area (Å²) >= 11 is 0. The van der Waals surface area contributed by atoms with E-state index in [1.807, 2.05) is 25.1 Å². The van der Waals surface area contributed by atoms with Crippen LogP contribution in [0, 0.1) is 17.8 Å². The molecule has 40 heavy (non-hydrogen) atoms. The van der Waals surface area contributed by atoms with Gasteiger partial charge in [0.05, 0.1) is 0 Å². The van der Waals surface area contributed by atoms with Gasteiger partial charge in [0.25, 0.3) is 0 Å². The van der Waals surface area contributed by atoms with Crippen molar-refractivity contribution in [1.82, 2.24) is 4.90 Å². The van der Waals surface area contributed by atoms with Crippen LogP contribution in [-0.4, -0.2) is 49.7 Å². The van der Waals surface area contributed by atoms with Crippen LogP contribution >= 0.6 is 0 Å². The maximum Gasteiger partial charge on any atom is 0.333 e. The Morgan fingerprint density at radius 2 is 1.40 bits per heavy atom. The minimum Gasteiger partial charge on any atom is -0.461 e. The lowest BCUT2D eigenvalue weighted by atomic mass is 9.83. The molecule has 0 amide bonds. The van der Waals surface area contributed by atoms with E-state index in [0.29, 0.717) is 53.3 Å². The zero-order valence-corrected chi connectivity index (χ0v) is 26.2. The molecule has 0 heterocycles. The molecular formula is C35H53NO4. The van der Waals surface area contributed by atoms with Gasteiger partial charge in [-0.15, -0.1) is 0 Å². The SMILES string of the molecule is CC1=C(C/C=C(\CCCC(C)CCCC(C)CCCC(C)C)C(=O)OCCN(C)C)C(=O)c2ccccc2C1=O. The fourth-order valence-corrected chi connectivity index (χ4v) is 5.34. The topological polar surface area (TPSA) is 63.7 Å². The van der Waals surface area contributed by atoms with Gasteiger partial charge in [-0.3, -0.25) is 9.59 Å². The van der Waals surface area contributed by atoms with Crippen LogP contribution in [-0.2, 0) is 9.53 Å². The summed E-state index contributed by atoms with van der Waals surface area (Å²) < 4.78 is 5.56. The van der Waals surface area contributed by atoms with E-state index < -0.39 is 0 Å². The largest absolute Gasteiger partial charge is 0.461 e. The zero-order chi connectivity index (χ0) is 29.7. The molecule has 5 heteroatoms. The lowest BCUT2D eigenvalue weighted by Gasteiger charge is -2.18. The second kappa shape index (κ2) is 17.3. The number of nitrogens with zero attached hydrogens (tertiary/aromatic N) is 1. The molecule has 0 N–H and O–H groups in total. The van der Waals surface area contributed by atoms with E-state index in [4.69, 9.17) is 4.74 Å². The molecule has 1 aliphatic carbocycles. The maximum atomic E-state index is 13.2. The third-order valence-corrected chi connectivity index (χ3v) is 8.09. The summed E-state index contributed by atoms with van der Waals surface area (Å²) in [7, 11) is 3.88. The van der Waals surface area contributed by atoms with Crippen LogP contribution in [0.3, 0.4) is 0 Å². The Morgan fingerprint density at radius 1 is 0.850 bits per heavy atom. The Morgan fingerprint density at radius 3 is 1.98 bits per heavy atom. The van der Waals surface area contributed by atoms with Crippen LogP contribution in [0.2, 0.25) is 0 Å². The van der Waals surface area contributed by atoms with Crippen LogP contribution in [0.25, 0.3) is 0 Å². The Labute approximate surface area is 243 Å². The van der Waals surface area contributed by atoms with Crippen molar-refractivity contribution in [2.24, 2.45) is 17.8 Å². The van der Waals surface area contributed by atoms with Gasteiger partial charge in [0.15, 0.2) is 11.6 Å². The molecule has 0 aromatic heterocycles. The van der Waals surface area contributed by atoms with Crippen molar-refractivity contribution in [2.75, 3.05) is 27.2 Å². The summed E-state index contributed by atoms with van der Waals surface area (Å²) in [5, 5.41) is 0. The van der Waals surface area contributed by atoms with Crippen molar-refractivity contribution in [1.29, 1.82) is 0 Å². The molecule has 5 nitrogen and oxygen atoms in total. The monoisotopic (exact) mass is 551 g/mol. The van der Waals surface area contributed by atoms with Gasteiger partial charge < -0.3 is 9.64 Å². The Balaban J connectivity index is 1.96. The number of allylic oxidation sites excluding steroid dienone is 3. The first-order chi connectivity index (χ1) is 19.0. The highest BCUT2D eigenvalue weighted by Gasteiger charge is 2.29. The fourth-order valence-electron chi connectivity index (χ4n) is 5.34. The van der Waals surface area contributed by atoms with Gasteiger partial charge in [-0.25, -0.2) is 4.79 Å². The number of likely N-dealkylation sites (N-methyl/N-ethyl adjacent to an activating group) is 1. The molecule has 222 valence electrons. The number of fused-ring (bicyclic) bond motifs is 1. The first-order valence-electron chi connectivity index (χ1n) is 15.4. The number of carbonyl (C=O) groups is 3. The summed E-state index contributed by atoms with van der Waals surface area (Å²) in [5.74, 6) is 1.62. The third-order valence-electron chi connectivity index (χ3n) is 8.09. The van der Waals surface area contributed by atoms with Crippen molar-refractivity contribution in [3.63, 3.8) is 0 Å². The number of carbonyl (C=O) groups excluding carboxylic acids is 3. The number of hydrogen-bond donors (Lipinski definition) is 0. The van der Waals surface area contributed by atoms with E-state index in [1.165, 1.54) is 38.5 Å². The van der Waals surface area contributed by atoms with Crippen LogP contribution in [0.5, 0.6) is 0 Å². The Hall–Kier alpha value is -2.53. The minimum atomic E-state index is -0.321. The van der Waals surface area contributed by atoms with Crippen LogP contribution < -0.4 is 0 Å². The normalized spacial score (nSPS) is 15.6. The average molecular weight is 552 g/mol. The van der Waals surface area contributed by atoms with Gasteiger partial charge in [-0.05, 0) is 58.0 Å². The van der Waals surface area contributed by atoms with E-state index >= 15 is 0 Å². The summed E-state index contributed by atoms with van der Waals surface area (Å²) in [5.41, 5.74) is 2.44. The summed E-state index contributed by atoms with van der Waals surface area (Å²) in [6, 6.07) is 6.96. The summed E-state index contributed by atoms with van der Waals surface area (Å²) in [4.78, 5) is 41.0. The van der Waals surface area contributed by atoms with Crippen molar-refractivity contribution < 1.29 is 19.1 Å². The van der Waals surface area contributed by atoms with E-state index in [0.717, 1.165) is 24.7 Å². The van der Waals surface area contributed by atoms with Gasteiger partial charge in [0.1, 0.15) is 6.61 Å². The standard InChI is InChI=1S/C35H53NO4/c1-25(2)13-10-14-26(3)15-11-16-27(4)17-12-18-29(35(39)40-24-23-36(6)7)21-22-30-28(5)33(37)31-19-8-9-20-32(31)34(30)38/h8-9,19-21,25-27H,10-18,22-24H2,1-7H3/b29-21+. The van der Waals surface area contributed by atoms with E-state index in [-0.39, 0.29) is 24.0 Å². The molecule has 0 fully saturated rings. The van der Waals surface area contributed by atoms with Crippen LogP contribution in [0.1, 0.15) is 120 Å². The van der Waals surface area contributed by atoms with E-state index in [1.54, 1.807) is 31.2 Å². The van der Waals surface area contributed by atoms with Gasteiger partial charge >= 0.3 is 5.97 Å². The van der Waals surface area contributed by atoms with Crippen molar-refractivity contribution in [2.45, 2.75) is 98.8 Å². The number of hydrogen-bond acceptors (Lipinski definition) is 5. The number of esters is 1. The lowest BCUT2D eigenvalue weighted by Crippen LogP contribution is -2.21. The molecule has 1 aliphatic rings.